The molecule has 0 unspecified atom stereocenters. The molecular formula is C13H22N4O3S. The van der Waals surface area contributed by atoms with Gasteiger partial charge in [0, 0.05) is 27.2 Å². The van der Waals surface area contributed by atoms with E-state index < -0.39 is 10.0 Å². The number of amides is 2. The molecule has 0 fully saturated rings. The van der Waals surface area contributed by atoms with Crippen LogP contribution < -0.4 is 15.8 Å². The lowest BCUT2D eigenvalue weighted by atomic mass is 10.1. The molecule has 0 saturated heterocycles. The SMILES string of the molecule is Cc1ccc(C)c(S(=O)(=O)NCCNC(=O)N(C)C)c1N. The van der Waals surface area contributed by atoms with E-state index in [0.717, 1.165) is 0 Å². The largest absolute Gasteiger partial charge is 0.397 e. The van der Waals surface area contributed by atoms with Crippen molar-refractivity contribution in [2.45, 2.75) is 18.7 Å². The molecule has 0 saturated carbocycles. The normalized spacial score (nSPS) is 11.2. The van der Waals surface area contributed by atoms with Crippen molar-refractivity contribution in [3.05, 3.63) is 23.3 Å². The van der Waals surface area contributed by atoms with Crippen LogP contribution in [0, 0.1) is 13.8 Å². The molecule has 0 aliphatic heterocycles. The number of hydrogen-bond acceptors (Lipinski definition) is 4. The van der Waals surface area contributed by atoms with E-state index in [4.69, 9.17) is 5.73 Å². The van der Waals surface area contributed by atoms with Crippen LogP contribution in [0.15, 0.2) is 17.0 Å². The summed E-state index contributed by atoms with van der Waals surface area (Å²) in [5.74, 6) is 0. The van der Waals surface area contributed by atoms with E-state index in [1.807, 2.05) is 0 Å². The lowest BCUT2D eigenvalue weighted by Gasteiger charge is -2.15. The highest BCUT2D eigenvalue weighted by Gasteiger charge is 2.20. The van der Waals surface area contributed by atoms with Crippen molar-refractivity contribution < 1.29 is 13.2 Å². The molecule has 0 heterocycles. The Morgan fingerprint density at radius 3 is 2.33 bits per heavy atom. The highest BCUT2D eigenvalue weighted by molar-refractivity contribution is 7.89. The quantitative estimate of drug-likeness (QED) is 0.541. The summed E-state index contributed by atoms with van der Waals surface area (Å²) in [5.41, 5.74) is 7.41. The monoisotopic (exact) mass is 314 g/mol. The van der Waals surface area contributed by atoms with Crippen molar-refractivity contribution in [1.82, 2.24) is 14.9 Å². The Balaban J connectivity index is 2.76. The molecule has 118 valence electrons. The van der Waals surface area contributed by atoms with Crippen LogP contribution in [0.3, 0.4) is 0 Å². The number of rotatable bonds is 5. The lowest BCUT2D eigenvalue weighted by Crippen LogP contribution is -2.39. The first-order valence-electron chi connectivity index (χ1n) is 6.47. The van der Waals surface area contributed by atoms with Crippen LogP contribution in [0.2, 0.25) is 0 Å². The number of nitrogens with one attached hydrogen (secondary N) is 2. The molecule has 0 radical (unpaired) electrons. The number of nitrogen functional groups attached to an aromatic ring is 1. The number of urea groups is 1. The summed E-state index contributed by atoms with van der Waals surface area (Å²) in [6.07, 6.45) is 0. The standard InChI is InChI=1S/C13H22N4O3S/c1-9-5-6-10(2)12(11(9)14)21(19,20)16-8-7-15-13(18)17(3)4/h5-6,16H,7-8,14H2,1-4H3,(H,15,18). The minimum atomic E-state index is -3.70. The molecule has 7 nitrogen and oxygen atoms in total. The van der Waals surface area contributed by atoms with E-state index in [0.29, 0.717) is 11.1 Å². The van der Waals surface area contributed by atoms with Crippen molar-refractivity contribution >= 4 is 21.7 Å². The zero-order chi connectivity index (χ0) is 16.2. The Morgan fingerprint density at radius 2 is 1.76 bits per heavy atom. The molecule has 2 amide bonds. The average Bonchev–Trinajstić information content (AvgIpc) is 2.38. The van der Waals surface area contributed by atoms with Crippen LogP contribution in [0.1, 0.15) is 11.1 Å². The summed E-state index contributed by atoms with van der Waals surface area (Å²) in [6.45, 7) is 3.74. The zero-order valence-electron chi connectivity index (χ0n) is 12.7. The van der Waals surface area contributed by atoms with Gasteiger partial charge in [0.05, 0.1) is 5.69 Å². The Morgan fingerprint density at radius 1 is 1.19 bits per heavy atom. The average molecular weight is 314 g/mol. The molecule has 0 aromatic heterocycles. The first-order chi connectivity index (χ1) is 9.66. The number of carbonyl (C=O) groups is 1. The molecule has 8 heteroatoms. The summed E-state index contributed by atoms with van der Waals surface area (Å²) < 4.78 is 27.0. The lowest BCUT2D eigenvalue weighted by molar-refractivity contribution is 0.217. The van der Waals surface area contributed by atoms with Crippen LogP contribution in [-0.4, -0.2) is 46.5 Å². The van der Waals surface area contributed by atoms with Gasteiger partial charge >= 0.3 is 6.03 Å². The van der Waals surface area contributed by atoms with Gasteiger partial charge in [-0.25, -0.2) is 17.9 Å². The number of hydrogen-bond donors (Lipinski definition) is 3. The highest BCUT2D eigenvalue weighted by Crippen LogP contribution is 2.25. The predicted molar refractivity (Wildman–Crippen MR) is 82.6 cm³/mol. The number of aryl methyl sites for hydroxylation is 2. The number of sulfonamides is 1. The second-order valence-electron chi connectivity index (χ2n) is 4.97. The zero-order valence-corrected chi connectivity index (χ0v) is 13.5. The maximum absolute atomic E-state index is 12.3. The second-order valence-corrected chi connectivity index (χ2v) is 6.67. The summed E-state index contributed by atoms with van der Waals surface area (Å²) >= 11 is 0. The van der Waals surface area contributed by atoms with Gasteiger partial charge in [0.1, 0.15) is 4.90 Å². The van der Waals surface area contributed by atoms with Crippen LogP contribution in [0.5, 0.6) is 0 Å². The maximum atomic E-state index is 12.3. The Labute approximate surface area is 125 Å². The van der Waals surface area contributed by atoms with E-state index >= 15 is 0 Å². The minimum Gasteiger partial charge on any atom is -0.397 e. The third-order valence-electron chi connectivity index (χ3n) is 2.98. The summed E-state index contributed by atoms with van der Waals surface area (Å²) in [4.78, 5) is 12.8. The van der Waals surface area contributed by atoms with Crippen LogP contribution in [0.25, 0.3) is 0 Å². The van der Waals surface area contributed by atoms with E-state index in [2.05, 4.69) is 10.0 Å². The van der Waals surface area contributed by atoms with Crippen molar-refractivity contribution in [2.75, 3.05) is 32.9 Å². The molecule has 1 aromatic rings. The molecular weight excluding hydrogens is 292 g/mol. The summed E-state index contributed by atoms with van der Waals surface area (Å²) in [6, 6.07) is 3.22. The molecule has 1 rings (SSSR count). The second kappa shape index (κ2) is 6.77. The molecule has 0 aliphatic rings. The third-order valence-corrected chi connectivity index (χ3v) is 4.64. The smallest absolute Gasteiger partial charge is 0.316 e. The molecule has 0 aliphatic carbocycles. The number of carbonyl (C=O) groups excluding carboxylic acids is 1. The number of nitrogens with zero attached hydrogens (tertiary/aromatic N) is 1. The topological polar surface area (TPSA) is 105 Å². The Hall–Kier alpha value is -1.80. The van der Waals surface area contributed by atoms with Gasteiger partial charge in [0.2, 0.25) is 10.0 Å². The fraction of sp³-hybridized carbons (Fsp3) is 0.462. The molecule has 0 spiro atoms. The van der Waals surface area contributed by atoms with Gasteiger partial charge in [-0.15, -0.1) is 0 Å². The molecule has 4 N–H and O–H groups in total. The highest BCUT2D eigenvalue weighted by atomic mass is 32.2. The van der Waals surface area contributed by atoms with Crippen LogP contribution >= 0.6 is 0 Å². The van der Waals surface area contributed by atoms with Gasteiger partial charge < -0.3 is 16.0 Å². The van der Waals surface area contributed by atoms with Crippen LogP contribution in [0.4, 0.5) is 10.5 Å². The van der Waals surface area contributed by atoms with Crippen molar-refractivity contribution in [1.29, 1.82) is 0 Å². The maximum Gasteiger partial charge on any atom is 0.316 e. The number of nitrogens with two attached hydrogens (primary N) is 1. The Kier molecular flexibility index (Phi) is 5.56. The minimum absolute atomic E-state index is 0.0920. The van der Waals surface area contributed by atoms with E-state index in [-0.39, 0.29) is 29.7 Å². The molecule has 0 atom stereocenters. The predicted octanol–water partition coefficient (Wildman–Crippen LogP) is 0.435. The summed E-state index contributed by atoms with van der Waals surface area (Å²) in [5, 5.41) is 2.58. The first kappa shape index (κ1) is 17.3. The van der Waals surface area contributed by atoms with Crippen molar-refractivity contribution in [3.63, 3.8) is 0 Å². The van der Waals surface area contributed by atoms with E-state index in [1.165, 1.54) is 4.90 Å². The molecule has 0 bridgehead atoms. The first-order valence-corrected chi connectivity index (χ1v) is 7.95. The number of benzene rings is 1. The van der Waals surface area contributed by atoms with Gasteiger partial charge in [-0.05, 0) is 25.0 Å². The van der Waals surface area contributed by atoms with E-state index in [1.54, 1.807) is 40.1 Å². The van der Waals surface area contributed by atoms with Crippen molar-refractivity contribution in [2.24, 2.45) is 0 Å². The van der Waals surface area contributed by atoms with Gasteiger partial charge in [-0.2, -0.15) is 0 Å². The van der Waals surface area contributed by atoms with E-state index in [9.17, 15) is 13.2 Å². The van der Waals surface area contributed by atoms with Gasteiger partial charge in [-0.1, -0.05) is 12.1 Å². The molecule has 21 heavy (non-hydrogen) atoms. The summed E-state index contributed by atoms with van der Waals surface area (Å²) in [7, 11) is -0.487. The third kappa shape index (κ3) is 4.33. The van der Waals surface area contributed by atoms with Crippen molar-refractivity contribution in [3.8, 4) is 0 Å². The van der Waals surface area contributed by atoms with Crippen LogP contribution in [-0.2, 0) is 10.0 Å². The fourth-order valence-corrected chi connectivity index (χ4v) is 3.21. The molecule has 1 aromatic carbocycles. The Bertz CT molecular complexity index is 627. The van der Waals surface area contributed by atoms with Gasteiger partial charge in [-0.3, -0.25) is 0 Å². The van der Waals surface area contributed by atoms with Gasteiger partial charge in [0.25, 0.3) is 0 Å². The fourth-order valence-electron chi connectivity index (χ4n) is 1.75. The number of anilines is 1. The van der Waals surface area contributed by atoms with Gasteiger partial charge in [0.15, 0.2) is 0 Å².